The Hall–Kier alpha value is -1.26. The van der Waals surface area contributed by atoms with Crippen LogP contribution in [-0.2, 0) is 4.74 Å². The molecule has 16 heavy (non-hydrogen) atoms. The quantitative estimate of drug-likeness (QED) is 0.818. The first kappa shape index (κ1) is 14.7. The van der Waals surface area contributed by atoms with E-state index in [4.69, 9.17) is 10.5 Å². The summed E-state index contributed by atoms with van der Waals surface area (Å²) in [6, 6.07) is 5.19. The normalized spacial score (nSPS) is 9.19. The molecular weight excluding hydrogens is 230 g/mol. The monoisotopic (exact) mass is 245 g/mol. The van der Waals surface area contributed by atoms with Gasteiger partial charge in [-0.1, -0.05) is 6.07 Å². The highest BCUT2D eigenvalue weighted by Crippen LogP contribution is 2.19. The van der Waals surface area contributed by atoms with Gasteiger partial charge in [0.05, 0.1) is 12.7 Å². The van der Waals surface area contributed by atoms with E-state index < -0.39 is 0 Å². The van der Waals surface area contributed by atoms with Crippen LogP contribution in [0.4, 0.5) is 0 Å². The number of rotatable bonds is 4. The van der Waals surface area contributed by atoms with Crippen molar-refractivity contribution in [3.05, 3.63) is 29.3 Å². The molecule has 1 aromatic carbocycles. The van der Waals surface area contributed by atoms with Crippen molar-refractivity contribution in [2.24, 2.45) is 5.73 Å². The van der Waals surface area contributed by atoms with Gasteiger partial charge in [-0.05, 0) is 24.6 Å². The Balaban J connectivity index is 0.00000225. The van der Waals surface area contributed by atoms with Crippen LogP contribution in [0, 0.1) is 6.92 Å². The summed E-state index contributed by atoms with van der Waals surface area (Å²) in [6.07, 6.45) is 0. The van der Waals surface area contributed by atoms with Crippen molar-refractivity contribution in [1.29, 1.82) is 0 Å². The molecular formula is C11H16ClNO3. The van der Waals surface area contributed by atoms with E-state index in [0.717, 1.165) is 5.56 Å². The van der Waals surface area contributed by atoms with Gasteiger partial charge in [0, 0.05) is 6.54 Å². The molecule has 0 saturated carbocycles. The van der Waals surface area contributed by atoms with E-state index in [9.17, 15) is 4.79 Å². The summed E-state index contributed by atoms with van der Waals surface area (Å²) in [7, 11) is 1.35. The van der Waals surface area contributed by atoms with Gasteiger partial charge in [0.1, 0.15) is 12.4 Å². The summed E-state index contributed by atoms with van der Waals surface area (Å²) in [5.74, 6) is 0.302. The molecule has 2 N–H and O–H groups in total. The fraction of sp³-hybridized carbons (Fsp3) is 0.364. The molecule has 0 heterocycles. The number of halogens is 1. The first-order chi connectivity index (χ1) is 7.19. The van der Waals surface area contributed by atoms with E-state index >= 15 is 0 Å². The highest BCUT2D eigenvalue weighted by Gasteiger charge is 2.08. The summed E-state index contributed by atoms with van der Waals surface area (Å²) in [6.45, 7) is 2.79. The van der Waals surface area contributed by atoms with Crippen LogP contribution in [0.25, 0.3) is 0 Å². The predicted molar refractivity (Wildman–Crippen MR) is 64.3 cm³/mol. The number of methoxy groups -OCH3 is 1. The summed E-state index contributed by atoms with van der Waals surface area (Å²) >= 11 is 0. The smallest absolute Gasteiger partial charge is 0.337 e. The summed E-state index contributed by atoms with van der Waals surface area (Å²) in [5, 5.41) is 0. The van der Waals surface area contributed by atoms with Gasteiger partial charge in [0.25, 0.3) is 0 Å². The SMILES string of the molecule is COC(=O)c1ccc(C)c(OCCN)c1.Cl. The number of hydrogen-bond donors (Lipinski definition) is 1. The molecule has 0 atom stereocenters. The second-order valence-electron chi connectivity index (χ2n) is 3.11. The van der Waals surface area contributed by atoms with Crippen LogP contribution in [0.3, 0.4) is 0 Å². The second kappa shape index (κ2) is 7.09. The number of carbonyl (C=O) groups excluding carboxylic acids is 1. The zero-order chi connectivity index (χ0) is 11.3. The van der Waals surface area contributed by atoms with Gasteiger partial charge < -0.3 is 15.2 Å². The number of carbonyl (C=O) groups is 1. The van der Waals surface area contributed by atoms with Crippen molar-refractivity contribution in [3.8, 4) is 5.75 Å². The maximum Gasteiger partial charge on any atom is 0.337 e. The fourth-order valence-corrected chi connectivity index (χ4v) is 1.17. The largest absolute Gasteiger partial charge is 0.492 e. The van der Waals surface area contributed by atoms with Crippen molar-refractivity contribution in [2.45, 2.75) is 6.92 Å². The van der Waals surface area contributed by atoms with Crippen LogP contribution in [0.1, 0.15) is 15.9 Å². The average Bonchev–Trinajstić information content (AvgIpc) is 2.27. The van der Waals surface area contributed by atoms with E-state index in [-0.39, 0.29) is 18.4 Å². The molecule has 5 heteroatoms. The Kier molecular flexibility index (Phi) is 6.53. The second-order valence-corrected chi connectivity index (χ2v) is 3.11. The molecule has 0 radical (unpaired) electrons. The lowest BCUT2D eigenvalue weighted by molar-refractivity contribution is 0.0600. The van der Waals surface area contributed by atoms with Gasteiger partial charge >= 0.3 is 5.97 Å². The highest BCUT2D eigenvalue weighted by atomic mass is 35.5. The number of benzene rings is 1. The highest BCUT2D eigenvalue weighted by molar-refractivity contribution is 5.89. The van der Waals surface area contributed by atoms with Gasteiger partial charge in [-0.2, -0.15) is 0 Å². The third-order valence-electron chi connectivity index (χ3n) is 1.98. The van der Waals surface area contributed by atoms with Crippen molar-refractivity contribution >= 4 is 18.4 Å². The topological polar surface area (TPSA) is 61.5 Å². The van der Waals surface area contributed by atoms with Crippen molar-refractivity contribution < 1.29 is 14.3 Å². The Labute approximate surface area is 101 Å². The minimum Gasteiger partial charge on any atom is -0.492 e. The number of ether oxygens (including phenoxy) is 2. The van der Waals surface area contributed by atoms with Crippen LogP contribution < -0.4 is 10.5 Å². The molecule has 1 rings (SSSR count). The van der Waals surface area contributed by atoms with E-state index in [1.165, 1.54) is 7.11 Å². The molecule has 0 aliphatic heterocycles. The minimum absolute atomic E-state index is 0. The first-order valence-electron chi connectivity index (χ1n) is 4.71. The third-order valence-corrected chi connectivity index (χ3v) is 1.98. The van der Waals surface area contributed by atoms with Crippen LogP contribution >= 0.6 is 12.4 Å². The van der Waals surface area contributed by atoms with Crippen molar-refractivity contribution in [3.63, 3.8) is 0 Å². The summed E-state index contributed by atoms with van der Waals surface area (Å²) < 4.78 is 10.0. The predicted octanol–water partition coefficient (Wildman–Crippen LogP) is 1.54. The molecule has 4 nitrogen and oxygen atoms in total. The van der Waals surface area contributed by atoms with Crippen LogP contribution in [0.2, 0.25) is 0 Å². The van der Waals surface area contributed by atoms with E-state index in [1.807, 2.05) is 13.0 Å². The standard InChI is InChI=1S/C11H15NO3.ClH/c1-8-3-4-9(11(13)14-2)7-10(8)15-6-5-12;/h3-4,7H,5-6,12H2,1-2H3;1H. The fourth-order valence-electron chi connectivity index (χ4n) is 1.17. The molecule has 1 aromatic rings. The maximum atomic E-state index is 11.2. The van der Waals surface area contributed by atoms with E-state index in [2.05, 4.69) is 4.74 Å². The lowest BCUT2D eigenvalue weighted by Crippen LogP contribution is -2.11. The van der Waals surface area contributed by atoms with Crippen LogP contribution in [-0.4, -0.2) is 26.2 Å². The molecule has 0 fully saturated rings. The molecule has 0 bridgehead atoms. The molecule has 0 aromatic heterocycles. The molecule has 0 unspecified atom stereocenters. The number of esters is 1. The van der Waals surface area contributed by atoms with Gasteiger partial charge in [-0.25, -0.2) is 4.79 Å². The third kappa shape index (κ3) is 3.72. The first-order valence-corrected chi connectivity index (χ1v) is 4.71. The summed E-state index contributed by atoms with van der Waals surface area (Å²) in [5.41, 5.74) is 6.78. The lowest BCUT2D eigenvalue weighted by Gasteiger charge is -2.09. The lowest BCUT2D eigenvalue weighted by atomic mass is 10.1. The Morgan fingerprint density at radius 2 is 2.12 bits per heavy atom. The Morgan fingerprint density at radius 1 is 1.44 bits per heavy atom. The molecule has 0 spiro atoms. The maximum absolute atomic E-state index is 11.2. The number of hydrogen-bond acceptors (Lipinski definition) is 4. The molecule has 0 aliphatic rings. The van der Waals surface area contributed by atoms with Crippen LogP contribution in [0.5, 0.6) is 5.75 Å². The van der Waals surface area contributed by atoms with Gasteiger partial charge in [0.15, 0.2) is 0 Å². The molecule has 90 valence electrons. The van der Waals surface area contributed by atoms with Gasteiger partial charge in [-0.15, -0.1) is 12.4 Å². The zero-order valence-corrected chi connectivity index (χ0v) is 10.2. The van der Waals surface area contributed by atoms with Crippen molar-refractivity contribution in [1.82, 2.24) is 0 Å². The van der Waals surface area contributed by atoms with Crippen LogP contribution in [0.15, 0.2) is 18.2 Å². The molecule has 0 aliphatic carbocycles. The minimum atomic E-state index is -0.368. The Bertz CT molecular complexity index is 355. The van der Waals surface area contributed by atoms with E-state index in [0.29, 0.717) is 24.5 Å². The van der Waals surface area contributed by atoms with Gasteiger partial charge in [0.2, 0.25) is 0 Å². The zero-order valence-electron chi connectivity index (χ0n) is 9.36. The molecule has 0 saturated heterocycles. The Morgan fingerprint density at radius 3 is 2.69 bits per heavy atom. The van der Waals surface area contributed by atoms with Gasteiger partial charge in [-0.3, -0.25) is 0 Å². The average molecular weight is 246 g/mol. The molecule has 0 amide bonds. The van der Waals surface area contributed by atoms with E-state index in [1.54, 1.807) is 12.1 Å². The summed E-state index contributed by atoms with van der Waals surface area (Å²) in [4.78, 5) is 11.2. The van der Waals surface area contributed by atoms with Crippen molar-refractivity contribution in [2.75, 3.05) is 20.3 Å². The number of aryl methyl sites for hydroxylation is 1. The number of nitrogens with two attached hydrogens (primary N) is 1.